The summed E-state index contributed by atoms with van der Waals surface area (Å²) in [6, 6.07) is 0. The zero-order valence-electron chi connectivity index (χ0n) is 32.8. The van der Waals surface area contributed by atoms with Crippen LogP contribution in [-0.2, 0) is 50.9 Å². The first-order valence-corrected chi connectivity index (χ1v) is 23.4. The van der Waals surface area contributed by atoms with Gasteiger partial charge in [-0.05, 0) is 65.6 Å². The summed E-state index contributed by atoms with van der Waals surface area (Å²) < 4.78 is 64.4. The number of carbonyl (C=O) groups is 2. The predicted molar refractivity (Wildman–Crippen MR) is 211 cm³/mol. The highest BCUT2D eigenvalue weighted by atomic mass is 31.2. The second-order valence-electron chi connectivity index (χ2n) is 13.0. The third kappa shape index (κ3) is 26.0. The minimum atomic E-state index is -5.58. The van der Waals surface area contributed by atoms with Crippen molar-refractivity contribution in [2.45, 2.75) is 140 Å². The van der Waals surface area contributed by atoms with E-state index in [4.69, 9.17) is 24.9 Å². The molecule has 1 fully saturated rings. The number of phosphoric acid groups is 3. The van der Waals surface area contributed by atoms with Crippen molar-refractivity contribution in [3.63, 3.8) is 0 Å². The molecule has 19 nitrogen and oxygen atoms in total. The lowest BCUT2D eigenvalue weighted by Gasteiger charge is -2.44. The predicted octanol–water partition coefficient (Wildman–Crippen LogP) is 2.13. The summed E-state index contributed by atoms with van der Waals surface area (Å²) in [4.78, 5) is 72.3. The summed E-state index contributed by atoms with van der Waals surface area (Å²) in [7, 11) is -16.7. The van der Waals surface area contributed by atoms with E-state index in [0.29, 0.717) is 12.8 Å². The maximum Gasteiger partial charge on any atom is 0.472 e. The summed E-state index contributed by atoms with van der Waals surface area (Å²) in [6.45, 7) is 0.339. The van der Waals surface area contributed by atoms with E-state index in [-0.39, 0.29) is 6.42 Å². The highest BCUT2D eigenvalue weighted by Crippen LogP contribution is 2.51. The van der Waals surface area contributed by atoms with Gasteiger partial charge in [0.1, 0.15) is 43.2 Å². The van der Waals surface area contributed by atoms with Gasteiger partial charge in [-0.3, -0.25) is 22.9 Å². The summed E-state index contributed by atoms with van der Waals surface area (Å²) >= 11 is 0. The lowest BCUT2D eigenvalue weighted by Crippen LogP contribution is -2.65. The highest BCUT2D eigenvalue weighted by molar-refractivity contribution is 7.47. The Bertz CT molecular complexity index is 1840. The number of terminal acetylenes is 1. The van der Waals surface area contributed by atoms with E-state index >= 15 is 0 Å². The van der Waals surface area contributed by atoms with Crippen molar-refractivity contribution in [1.29, 1.82) is 0 Å². The van der Waals surface area contributed by atoms with Crippen molar-refractivity contribution >= 4 is 35.4 Å². The summed E-state index contributed by atoms with van der Waals surface area (Å²) in [6.07, 6.45) is 1.87. The first kappa shape index (κ1) is 54.5. The van der Waals surface area contributed by atoms with Crippen LogP contribution in [0.25, 0.3) is 0 Å². The number of carbonyl (C=O) groups excluding carboxylic acids is 2. The Balaban J connectivity index is 2.97. The number of aliphatic hydroxyl groups excluding tert-OH is 3. The Morgan fingerprint density at radius 1 is 0.583 bits per heavy atom. The van der Waals surface area contributed by atoms with Crippen molar-refractivity contribution < 1.29 is 90.6 Å². The third-order valence-corrected chi connectivity index (χ3v) is 10.2. The van der Waals surface area contributed by atoms with E-state index < -0.39 is 91.3 Å². The van der Waals surface area contributed by atoms with E-state index in [0.717, 1.165) is 25.7 Å². The molecule has 1 rings (SSSR count). The van der Waals surface area contributed by atoms with Gasteiger partial charge < -0.3 is 49.3 Å². The van der Waals surface area contributed by atoms with Crippen molar-refractivity contribution in [2.75, 3.05) is 13.2 Å². The lowest BCUT2D eigenvalue weighted by molar-refractivity contribution is -0.213. The molecule has 0 amide bonds. The number of unbranched alkanes of at least 4 members (excludes halogenated alkanes) is 12. The molecule has 1 aliphatic carbocycles. The molecule has 4 unspecified atom stereocenters. The van der Waals surface area contributed by atoms with Crippen LogP contribution >= 0.6 is 23.5 Å². The van der Waals surface area contributed by atoms with Crippen LogP contribution in [0.5, 0.6) is 0 Å². The van der Waals surface area contributed by atoms with E-state index in [1.165, 1.54) is 44.9 Å². The van der Waals surface area contributed by atoms with Crippen molar-refractivity contribution in [3.05, 3.63) is 0 Å². The molecular weight excluding hydrogens is 853 g/mol. The molecule has 1 saturated carbocycles. The first-order chi connectivity index (χ1) is 28.3. The summed E-state index contributed by atoms with van der Waals surface area (Å²) in [5, 5.41) is 31.6. The van der Waals surface area contributed by atoms with Crippen LogP contribution in [0.15, 0.2) is 0 Å². The maximum absolute atomic E-state index is 13.0. The molecule has 0 aliphatic heterocycles. The zero-order chi connectivity index (χ0) is 45.0. The van der Waals surface area contributed by atoms with E-state index in [1.807, 2.05) is 5.92 Å². The molecule has 22 heteroatoms. The molecule has 332 valence electrons. The number of ether oxygens (including phenoxy) is 2. The second-order valence-corrected chi connectivity index (χ2v) is 16.8. The fraction of sp³-hybridized carbons (Fsp3) is 0.632. The lowest BCUT2D eigenvalue weighted by atomic mass is 9.85. The number of rotatable bonds is 26. The molecular formula is C38H51O19P3. The normalized spacial score (nSPS) is 21.1. The van der Waals surface area contributed by atoms with Crippen LogP contribution in [0.4, 0.5) is 0 Å². The van der Waals surface area contributed by atoms with Gasteiger partial charge in [-0.25, -0.2) is 18.5 Å². The fourth-order valence-corrected chi connectivity index (χ4v) is 7.52. The minimum Gasteiger partial charge on any atom is -0.456 e. The Labute approximate surface area is 349 Å². The molecule has 0 heterocycles. The van der Waals surface area contributed by atoms with Crippen molar-refractivity contribution in [2.24, 2.45) is 0 Å². The van der Waals surface area contributed by atoms with Crippen LogP contribution in [0.3, 0.4) is 0 Å². The topological polar surface area (TPSA) is 303 Å². The first-order valence-electron chi connectivity index (χ1n) is 18.8. The maximum atomic E-state index is 13.0. The molecule has 0 radical (unpaired) electrons. The van der Waals surface area contributed by atoms with Gasteiger partial charge in [0.25, 0.3) is 0 Å². The number of hydrogen-bond donors (Lipinski definition) is 8. The van der Waals surface area contributed by atoms with Crippen LogP contribution in [-0.4, -0.2) is 108 Å². The summed E-state index contributed by atoms with van der Waals surface area (Å²) in [5.41, 5.74) is 0. The van der Waals surface area contributed by atoms with E-state index in [1.54, 1.807) is 0 Å². The van der Waals surface area contributed by atoms with Gasteiger partial charge in [-0.2, -0.15) is 0 Å². The largest absolute Gasteiger partial charge is 0.472 e. The van der Waals surface area contributed by atoms with Crippen LogP contribution in [0.2, 0.25) is 0 Å². The van der Waals surface area contributed by atoms with Gasteiger partial charge in [-0.1, -0.05) is 84.0 Å². The number of phosphoric ester groups is 3. The highest BCUT2D eigenvalue weighted by Gasteiger charge is 2.56. The fourth-order valence-electron chi connectivity index (χ4n) is 5.41. The minimum absolute atomic E-state index is 0.0858. The van der Waals surface area contributed by atoms with Gasteiger partial charge in [0.05, 0.1) is 6.61 Å². The average molecular weight is 905 g/mol. The van der Waals surface area contributed by atoms with Crippen molar-refractivity contribution in [3.8, 4) is 71.5 Å². The number of esters is 2. The van der Waals surface area contributed by atoms with Crippen LogP contribution in [0.1, 0.15) is 96.8 Å². The quantitative estimate of drug-likeness (QED) is 0.0203. The second kappa shape index (κ2) is 29.7. The standard InChI is InChI=1S/C38H51O19P3/c1-3-5-7-9-11-13-15-16-17-19-21-23-25-27-32(40)54-30(28-52-31(39)26-24-22-20-18-14-12-10-8-6-4-2)29-53-60(50,51)57-38-34(42)36(55-58(44,45)46)33(41)37(35(38)43)56-59(47,48)49/h2,30,33-38,41-43H,3,5,7,9,11,13,15-17,19,21,23,25,27-29H2,1H3,(H,50,51)(H2,44,45,46)(H2,47,48,49)/t30-,33?,34+,35?,36+,37-,38?/m0/s1. The monoisotopic (exact) mass is 904 g/mol. The van der Waals surface area contributed by atoms with Gasteiger partial charge in [-0.15, -0.1) is 6.42 Å². The third-order valence-electron chi connectivity index (χ3n) is 8.14. The molecule has 0 bridgehead atoms. The van der Waals surface area contributed by atoms with E-state index in [9.17, 15) is 63.1 Å². The van der Waals surface area contributed by atoms with Crippen molar-refractivity contribution in [1.82, 2.24) is 0 Å². The van der Waals surface area contributed by atoms with Crippen LogP contribution in [0, 0.1) is 71.5 Å². The number of hydrogen-bond acceptors (Lipinski definition) is 14. The Kier molecular flexibility index (Phi) is 27.0. The summed E-state index contributed by atoms with van der Waals surface area (Å²) in [5.74, 6) is 22.7. The smallest absolute Gasteiger partial charge is 0.456 e. The molecule has 60 heavy (non-hydrogen) atoms. The number of aliphatic hydroxyl groups is 3. The Morgan fingerprint density at radius 2 is 0.983 bits per heavy atom. The van der Waals surface area contributed by atoms with Gasteiger partial charge in [0.15, 0.2) is 6.10 Å². The molecule has 1 aliphatic rings. The SMILES string of the molecule is C#CC#CC#CC#CC#CC#CC(=O)OC[C@@H](COP(=O)(O)OC1C(O)[C@@H](OP(=O)(O)O)C(O)[C@@H](OP(=O)(O)O)[C@H]1O)OC(=O)CCCCCCCCCCCCCCC. The Morgan fingerprint density at radius 3 is 1.42 bits per heavy atom. The van der Waals surface area contributed by atoms with Gasteiger partial charge >= 0.3 is 35.4 Å². The Hall–Kier alpha value is -3.49. The molecule has 0 saturated heterocycles. The zero-order valence-corrected chi connectivity index (χ0v) is 35.5. The molecule has 8 atom stereocenters. The van der Waals surface area contributed by atoms with Crippen LogP contribution < -0.4 is 0 Å². The molecule has 8 N–H and O–H groups in total. The van der Waals surface area contributed by atoms with Gasteiger partial charge in [0, 0.05) is 12.3 Å². The molecule has 0 aromatic carbocycles. The van der Waals surface area contributed by atoms with E-state index in [2.05, 4.69) is 75.2 Å². The molecule has 0 spiro atoms. The van der Waals surface area contributed by atoms with Gasteiger partial charge in [0.2, 0.25) is 0 Å². The molecule has 0 aromatic heterocycles. The molecule has 0 aromatic rings. The average Bonchev–Trinajstić information content (AvgIpc) is 3.16.